The predicted molar refractivity (Wildman–Crippen MR) is 65.2 cm³/mol. The molecule has 2 fully saturated rings. The predicted octanol–water partition coefficient (Wildman–Crippen LogP) is 3.29. The first-order valence-corrected chi connectivity index (χ1v) is 7.54. The van der Waals surface area contributed by atoms with Crippen LogP contribution in [-0.4, -0.2) is 30.0 Å². The van der Waals surface area contributed by atoms with Crippen LogP contribution in [0.3, 0.4) is 0 Å². The van der Waals surface area contributed by atoms with Crippen molar-refractivity contribution in [2.24, 2.45) is 5.92 Å². The third kappa shape index (κ3) is 3.10. The summed E-state index contributed by atoms with van der Waals surface area (Å²) < 4.78 is 24.6. The van der Waals surface area contributed by atoms with Crippen LogP contribution >= 0.6 is 11.8 Å². The summed E-state index contributed by atoms with van der Waals surface area (Å²) in [6.07, 6.45) is 6.48. The van der Waals surface area contributed by atoms with Gasteiger partial charge in [-0.15, -0.1) is 0 Å². The Morgan fingerprint density at radius 2 is 1.88 bits per heavy atom. The maximum absolute atomic E-state index is 12.3. The highest BCUT2D eigenvalue weighted by Crippen LogP contribution is 2.34. The molecule has 0 aromatic rings. The van der Waals surface area contributed by atoms with Gasteiger partial charge in [0.25, 0.3) is 0 Å². The Hall–Kier alpha value is 0.170. The highest BCUT2D eigenvalue weighted by Gasteiger charge is 2.36. The second kappa shape index (κ2) is 5.67. The van der Waals surface area contributed by atoms with Crippen LogP contribution in [0, 0.1) is 5.92 Å². The Bertz CT molecular complexity index is 219. The SMILES string of the molecule is CS[C@@H]1CCC[C@@H](NC2CC(C(F)F)C2)C1. The average Bonchev–Trinajstić information content (AvgIpc) is 2.22. The van der Waals surface area contributed by atoms with Gasteiger partial charge in [0.15, 0.2) is 0 Å². The summed E-state index contributed by atoms with van der Waals surface area (Å²) in [5.41, 5.74) is 0. The van der Waals surface area contributed by atoms with Crippen LogP contribution < -0.4 is 5.32 Å². The van der Waals surface area contributed by atoms with E-state index in [2.05, 4.69) is 11.6 Å². The second-order valence-electron chi connectivity index (χ2n) is 5.15. The largest absolute Gasteiger partial charge is 0.311 e. The van der Waals surface area contributed by atoms with Crippen molar-refractivity contribution in [3.8, 4) is 0 Å². The molecule has 0 aliphatic heterocycles. The molecule has 0 unspecified atom stereocenters. The first-order chi connectivity index (χ1) is 7.69. The van der Waals surface area contributed by atoms with Gasteiger partial charge in [-0.2, -0.15) is 11.8 Å². The first-order valence-electron chi connectivity index (χ1n) is 6.26. The van der Waals surface area contributed by atoms with E-state index in [1.54, 1.807) is 0 Å². The number of nitrogens with one attached hydrogen (secondary N) is 1. The fourth-order valence-corrected chi connectivity index (χ4v) is 3.67. The molecule has 0 heterocycles. The van der Waals surface area contributed by atoms with Crippen LogP contribution in [0.2, 0.25) is 0 Å². The quantitative estimate of drug-likeness (QED) is 0.820. The monoisotopic (exact) mass is 249 g/mol. The molecule has 0 spiro atoms. The molecule has 2 saturated carbocycles. The number of halogens is 2. The van der Waals surface area contributed by atoms with Crippen molar-refractivity contribution >= 4 is 11.8 Å². The van der Waals surface area contributed by atoms with Gasteiger partial charge in [0.05, 0.1) is 0 Å². The highest BCUT2D eigenvalue weighted by molar-refractivity contribution is 7.99. The Balaban J connectivity index is 1.67. The Kier molecular flexibility index (Phi) is 4.48. The molecular weight excluding hydrogens is 228 g/mol. The van der Waals surface area contributed by atoms with Crippen LogP contribution in [0.15, 0.2) is 0 Å². The van der Waals surface area contributed by atoms with Crippen LogP contribution in [0.25, 0.3) is 0 Å². The molecule has 2 rings (SSSR count). The van der Waals surface area contributed by atoms with Gasteiger partial charge in [-0.3, -0.25) is 0 Å². The zero-order chi connectivity index (χ0) is 11.5. The number of thioether (sulfide) groups is 1. The molecule has 94 valence electrons. The third-order valence-electron chi connectivity index (χ3n) is 3.96. The van der Waals surface area contributed by atoms with Crippen LogP contribution in [0.1, 0.15) is 38.5 Å². The minimum Gasteiger partial charge on any atom is -0.311 e. The van der Waals surface area contributed by atoms with E-state index >= 15 is 0 Å². The van der Waals surface area contributed by atoms with Crippen molar-refractivity contribution in [2.45, 2.75) is 62.3 Å². The fraction of sp³-hybridized carbons (Fsp3) is 1.00. The normalized spacial score (nSPS) is 39.8. The lowest BCUT2D eigenvalue weighted by atomic mass is 9.79. The Morgan fingerprint density at radius 3 is 2.50 bits per heavy atom. The summed E-state index contributed by atoms with van der Waals surface area (Å²) >= 11 is 1.95. The van der Waals surface area contributed by atoms with Crippen molar-refractivity contribution in [3.05, 3.63) is 0 Å². The molecule has 2 atom stereocenters. The molecule has 0 amide bonds. The molecule has 1 N–H and O–H groups in total. The molecule has 4 heteroatoms. The minimum atomic E-state index is -2.11. The van der Waals surface area contributed by atoms with Crippen LogP contribution in [-0.2, 0) is 0 Å². The smallest absolute Gasteiger partial charge is 0.241 e. The maximum atomic E-state index is 12.3. The molecule has 2 aliphatic rings. The van der Waals surface area contributed by atoms with E-state index in [-0.39, 0.29) is 5.92 Å². The average molecular weight is 249 g/mol. The summed E-state index contributed by atoms with van der Waals surface area (Å²) in [6, 6.07) is 0.944. The Morgan fingerprint density at radius 1 is 1.12 bits per heavy atom. The lowest BCUT2D eigenvalue weighted by molar-refractivity contribution is 0.0123. The zero-order valence-corrected chi connectivity index (χ0v) is 10.6. The van der Waals surface area contributed by atoms with Crippen molar-refractivity contribution < 1.29 is 8.78 Å². The van der Waals surface area contributed by atoms with Crippen LogP contribution in [0.4, 0.5) is 8.78 Å². The van der Waals surface area contributed by atoms with Crippen molar-refractivity contribution in [1.82, 2.24) is 5.32 Å². The number of rotatable bonds is 4. The van der Waals surface area contributed by atoms with E-state index in [0.29, 0.717) is 24.9 Å². The van der Waals surface area contributed by atoms with Crippen LogP contribution in [0.5, 0.6) is 0 Å². The van der Waals surface area contributed by atoms with Gasteiger partial charge in [-0.05, 0) is 38.4 Å². The lowest BCUT2D eigenvalue weighted by Crippen LogP contribution is -2.49. The van der Waals surface area contributed by atoms with Crippen molar-refractivity contribution in [2.75, 3.05) is 6.26 Å². The van der Waals surface area contributed by atoms with Gasteiger partial charge in [0.2, 0.25) is 6.43 Å². The van der Waals surface area contributed by atoms with E-state index in [0.717, 1.165) is 5.25 Å². The maximum Gasteiger partial charge on any atom is 0.241 e. The van der Waals surface area contributed by atoms with Gasteiger partial charge < -0.3 is 5.32 Å². The standard InChI is InChI=1S/C12H21F2NS/c1-16-11-4-2-3-9(7-11)15-10-5-8(6-10)12(13)14/h8-12,15H,2-7H2,1H3/t8?,9-,10?,11-/m1/s1. The molecule has 16 heavy (non-hydrogen) atoms. The summed E-state index contributed by atoms with van der Waals surface area (Å²) in [5.74, 6) is -0.336. The zero-order valence-electron chi connectivity index (χ0n) is 9.79. The highest BCUT2D eigenvalue weighted by atomic mass is 32.2. The topological polar surface area (TPSA) is 12.0 Å². The van der Waals surface area contributed by atoms with Crippen molar-refractivity contribution in [3.63, 3.8) is 0 Å². The summed E-state index contributed by atoms with van der Waals surface area (Å²) in [5, 5.41) is 4.33. The van der Waals surface area contributed by atoms with E-state index in [1.165, 1.54) is 25.7 Å². The van der Waals surface area contributed by atoms with E-state index in [1.807, 2.05) is 11.8 Å². The minimum absolute atomic E-state index is 0.336. The summed E-state index contributed by atoms with van der Waals surface area (Å²) in [6.45, 7) is 0. The molecule has 2 aliphatic carbocycles. The molecule has 0 bridgehead atoms. The van der Waals surface area contributed by atoms with Gasteiger partial charge in [-0.25, -0.2) is 8.78 Å². The molecular formula is C12H21F2NS. The van der Waals surface area contributed by atoms with Crippen molar-refractivity contribution in [1.29, 1.82) is 0 Å². The molecule has 1 nitrogen and oxygen atoms in total. The van der Waals surface area contributed by atoms with Gasteiger partial charge >= 0.3 is 0 Å². The lowest BCUT2D eigenvalue weighted by Gasteiger charge is -2.40. The number of hydrogen-bond acceptors (Lipinski definition) is 2. The summed E-state index contributed by atoms with van der Waals surface area (Å²) in [4.78, 5) is 0. The summed E-state index contributed by atoms with van der Waals surface area (Å²) in [7, 11) is 0. The second-order valence-corrected chi connectivity index (χ2v) is 6.29. The van der Waals surface area contributed by atoms with E-state index in [4.69, 9.17) is 0 Å². The fourth-order valence-electron chi connectivity index (χ4n) is 2.85. The van der Waals surface area contributed by atoms with Gasteiger partial charge in [-0.1, -0.05) is 6.42 Å². The number of alkyl halides is 2. The van der Waals surface area contributed by atoms with Gasteiger partial charge in [0, 0.05) is 23.3 Å². The first kappa shape index (κ1) is 12.6. The molecule has 0 radical (unpaired) electrons. The van der Waals surface area contributed by atoms with E-state index in [9.17, 15) is 8.78 Å². The molecule has 0 saturated heterocycles. The van der Waals surface area contributed by atoms with E-state index < -0.39 is 6.43 Å². The molecule has 0 aromatic heterocycles. The Labute approximate surface area is 101 Å². The molecule has 0 aromatic carbocycles. The number of hydrogen-bond donors (Lipinski definition) is 1. The van der Waals surface area contributed by atoms with Gasteiger partial charge in [0.1, 0.15) is 0 Å². The third-order valence-corrected chi connectivity index (χ3v) is 5.06.